The van der Waals surface area contributed by atoms with Gasteiger partial charge in [-0.05, 0) is 0 Å². The van der Waals surface area contributed by atoms with Gasteiger partial charge in [-0.15, -0.1) is 0 Å². The van der Waals surface area contributed by atoms with Crippen molar-refractivity contribution in [1.29, 1.82) is 0 Å². The predicted molar refractivity (Wildman–Crippen MR) is 68.0 cm³/mol. The summed E-state index contributed by atoms with van der Waals surface area (Å²) >= 11 is 0. The summed E-state index contributed by atoms with van der Waals surface area (Å²) in [7, 11) is 1.86. The summed E-state index contributed by atoms with van der Waals surface area (Å²) in [6, 6.07) is 12.1. The van der Waals surface area contributed by atoms with Gasteiger partial charge in [0.2, 0.25) is 5.95 Å². The molecule has 3 rings (SSSR count). The summed E-state index contributed by atoms with van der Waals surface area (Å²) in [5.41, 5.74) is 2.91. The molecule has 0 aliphatic heterocycles. The standard InChI is InChI=1S/C13H12N4/c1-14-13-16-11(10-5-3-2-4-6-10)9-12-15-7-8-17(12)13/h2-9H,1H3,(H,14,16). The van der Waals surface area contributed by atoms with Crippen LogP contribution in [0.5, 0.6) is 0 Å². The van der Waals surface area contributed by atoms with Crippen LogP contribution in [0.2, 0.25) is 0 Å². The monoisotopic (exact) mass is 224 g/mol. The Kier molecular flexibility index (Phi) is 2.26. The van der Waals surface area contributed by atoms with Gasteiger partial charge in [0, 0.05) is 31.1 Å². The Morgan fingerprint density at radius 3 is 2.76 bits per heavy atom. The van der Waals surface area contributed by atoms with Crippen LogP contribution in [0.3, 0.4) is 0 Å². The van der Waals surface area contributed by atoms with Crippen LogP contribution >= 0.6 is 0 Å². The molecule has 0 amide bonds. The largest absolute Gasteiger partial charge is 0.358 e. The molecule has 3 aromatic rings. The number of benzene rings is 1. The van der Waals surface area contributed by atoms with Gasteiger partial charge in [0.25, 0.3) is 0 Å². The summed E-state index contributed by atoms with van der Waals surface area (Å²) in [5, 5.41) is 3.08. The van der Waals surface area contributed by atoms with Crippen LogP contribution < -0.4 is 5.32 Å². The van der Waals surface area contributed by atoms with E-state index in [9.17, 15) is 0 Å². The smallest absolute Gasteiger partial charge is 0.208 e. The third kappa shape index (κ3) is 1.63. The van der Waals surface area contributed by atoms with Crippen molar-refractivity contribution < 1.29 is 0 Å². The van der Waals surface area contributed by atoms with Crippen molar-refractivity contribution in [2.45, 2.75) is 0 Å². The predicted octanol–water partition coefficient (Wildman–Crippen LogP) is 2.44. The fourth-order valence-electron chi connectivity index (χ4n) is 1.86. The van der Waals surface area contributed by atoms with Crippen LogP contribution in [0.25, 0.3) is 16.9 Å². The minimum atomic E-state index is 0.791. The molecule has 4 heteroatoms. The molecule has 84 valence electrons. The molecule has 1 aromatic carbocycles. The van der Waals surface area contributed by atoms with E-state index in [-0.39, 0.29) is 0 Å². The van der Waals surface area contributed by atoms with Crippen molar-refractivity contribution in [1.82, 2.24) is 14.4 Å². The summed E-state index contributed by atoms with van der Waals surface area (Å²) in [5.74, 6) is 0.791. The fourth-order valence-corrected chi connectivity index (χ4v) is 1.86. The Morgan fingerprint density at radius 2 is 2.00 bits per heavy atom. The Balaban J connectivity index is 2.24. The third-order valence-electron chi connectivity index (χ3n) is 2.68. The molecule has 0 saturated heterocycles. The Hall–Kier alpha value is -2.36. The van der Waals surface area contributed by atoms with Crippen molar-refractivity contribution in [2.75, 3.05) is 12.4 Å². The van der Waals surface area contributed by atoms with Crippen LogP contribution in [0, 0.1) is 0 Å². The van der Waals surface area contributed by atoms with E-state index in [1.807, 2.05) is 54.0 Å². The maximum Gasteiger partial charge on any atom is 0.208 e. The minimum Gasteiger partial charge on any atom is -0.358 e. The van der Waals surface area contributed by atoms with E-state index in [2.05, 4.69) is 15.3 Å². The van der Waals surface area contributed by atoms with Crippen LogP contribution in [0.15, 0.2) is 48.8 Å². The first-order valence-electron chi connectivity index (χ1n) is 5.46. The molecule has 0 spiro atoms. The van der Waals surface area contributed by atoms with Crippen molar-refractivity contribution in [3.8, 4) is 11.3 Å². The van der Waals surface area contributed by atoms with Crippen molar-refractivity contribution in [2.24, 2.45) is 0 Å². The summed E-state index contributed by atoms with van der Waals surface area (Å²) in [6.07, 6.45) is 3.66. The maximum absolute atomic E-state index is 4.57. The molecule has 2 heterocycles. The summed E-state index contributed by atoms with van der Waals surface area (Å²) in [4.78, 5) is 8.87. The van der Waals surface area contributed by atoms with E-state index in [0.29, 0.717) is 0 Å². The number of rotatable bonds is 2. The van der Waals surface area contributed by atoms with Crippen molar-refractivity contribution >= 4 is 11.6 Å². The molecule has 2 aromatic heterocycles. The first-order valence-corrected chi connectivity index (χ1v) is 5.46. The number of anilines is 1. The molecule has 17 heavy (non-hydrogen) atoms. The Bertz CT molecular complexity index is 643. The van der Waals surface area contributed by atoms with E-state index >= 15 is 0 Å². The first-order chi connectivity index (χ1) is 8.38. The molecule has 0 radical (unpaired) electrons. The zero-order chi connectivity index (χ0) is 11.7. The highest BCUT2D eigenvalue weighted by atomic mass is 15.2. The van der Waals surface area contributed by atoms with E-state index in [0.717, 1.165) is 22.9 Å². The van der Waals surface area contributed by atoms with Gasteiger partial charge in [0.15, 0.2) is 0 Å². The molecule has 4 nitrogen and oxygen atoms in total. The molecule has 1 N–H and O–H groups in total. The average Bonchev–Trinajstić information content (AvgIpc) is 2.86. The highest BCUT2D eigenvalue weighted by Crippen LogP contribution is 2.20. The van der Waals surface area contributed by atoms with Gasteiger partial charge < -0.3 is 5.32 Å². The maximum atomic E-state index is 4.57. The molecule has 0 fully saturated rings. The molecular weight excluding hydrogens is 212 g/mol. The average molecular weight is 224 g/mol. The van der Waals surface area contributed by atoms with Gasteiger partial charge >= 0.3 is 0 Å². The van der Waals surface area contributed by atoms with Crippen LogP contribution in [-0.2, 0) is 0 Å². The fraction of sp³-hybridized carbons (Fsp3) is 0.0769. The number of nitrogens with one attached hydrogen (secondary N) is 1. The number of aromatic nitrogens is 3. The minimum absolute atomic E-state index is 0.791. The van der Waals surface area contributed by atoms with Gasteiger partial charge in [-0.2, -0.15) is 0 Å². The van der Waals surface area contributed by atoms with Gasteiger partial charge in [-0.3, -0.25) is 4.40 Å². The van der Waals surface area contributed by atoms with Crippen LogP contribution in [-0.4, -0.2) is 21.4 Å². The lowest BCUT2D eigenvalue weighted by Crippen LogP contribution is -2.01. The SMILES string of the molecule is CNc1nc(-c2ccccc2)cc2nccn12. The lowest BCUT2D eigenvalue weighted by atomic mass is 10.1. The van der Waals surface area contributed by atoms with Gasteiger partial charge in [0.1, 0.15) is 5.65 Å². The highest BCUT2D eigenvalue weighted by Gasteiger charge is 2.06. The molecular formula is C13H12N4. The highest BCUT2D eigenvalue weighted by molar-refractivity contribution is 5.65. The summed E-state index contributed by atoms with van der Waals surface area (Å²) < 4.78 is 1.92. The van der Waals surface area contributed by atoms with Gasteiger partial charge in [-0.25, -0.2) is 9.97 Å². The van der Waals surface area contributed by atoms with Gasteiger partial charge in [-0.1, -0.05) is 30.3 Å². The first kappa shape index (κ1) is 9.84. The lowest BCUT2D eigenvalue weighted by Gasteiger charge is -2.07. The zero-order valence-electron chi connectivity index (χ0n) is 9.46. The number of imidazole rings is 1. The van der Waals surface area contributed by atoms with E-state index < -0.39 is 0 Å². The second-order valence-electron chi connectivity index (χ2n) is 3.74. The van der Waals surface area contributed by atoms with Crippen LogP contribution in [0.4, 0.5) is 5.95 Å². The molecule has 0 saturated carbocycles. The topological polar surface area (TPSA) is 42.2 Å². The van der Waals surface area contributed by atoms with E-state index in [1.165, 1.54) is 0 Å². The number of hydrogen-bond acceptors (Lipinski definition) is 3. The summed E-state index contributed by atoms with van der Waals surface area (Å²) in [6.45, 7) is 0. The molecule has 0 atom stereocenters. The molecule has 0 unspecified atom stereocenters. The second kappa shape index (κ2) is 3.90. The second-order valence-corrected chi connectivity index (χ2v) is 3.74. The number of nitrogens with zero attached hydrogens (tertiary/aromatic N) is 3. The Labute approximate surface area is 99.0 Å². The normalized spacial score (nSPS) is 10.6. The third-order valence-corrected chi connectivity index (χ3v) is 2.68. The van der Waals surface area contributed by atoms with Gasteiger partial charge in [0.05, 0.1) is 5.69 Å². The van der Waals surface area contributed by atoms with Crippen LogP contribution in [0.1, 0.15) is 0 Å². The number of hydrogen-bond donors (Lipinski definition) is 1. The van der Waals surface area contributed by atoms with E-state index in [4.69, 9.17) is 0 Å². The zero-order valence-corrected chi connectivity index (χ0v) is 9.46. The number of fused-ring (bicyclic) bond motifs is 1. The lowest BCUT2D eigenvalue weighted by molar-refractivity contribution is 1.08. The molecule has 0 aliphatic carbocycles. The van der Waals surface area contributed by atoms with Crippen molar-refractivity contribution in [3.63, 3.8) is 0 Å². The quantitative estimate of drug-likeness (QED) is 0.727. The Morgan fingerprint density at radius 1 is 1.18 bits per heavy atom. The van der Waals surface area contributed by atoms with E-state index in [1.54, 1.807) is 6.20 Å². The van der Waals surface area contributed by atoms with Crippen molar-refractivity contribution in [3.05, 3.63) is 48.8 Å². The molecule has 0 aliphatic rings. The molecule has 0 bridgehead atoms.